The molecule has 3 aliphatic carbocycles. The second-order valence-electron chi connectivity index (χ2n) is 7.20. The number of nitrogens with one attached hydrogen (secondary N) is 1. The normalized spacial score (nSPS) is 32.0. The van der Waals surface area contributed by atoms with Crippen LogP contribution in [-0.4, -0.2) is 22.6 Å². The van der Waals surface area contributed by atoms with Gasteiger partial charge in [0.25, 0.3) is 0 Å². The highest BCUT2D eigenvalue weighted by atomic mass is 15.0. The second kappa shape index (κ2) is 4.80. The van der Waals surface area contributed by atoms with Crippen LogP contribution in [0.25, 0.3) is 0 Å². The molecule has 1 aromatic rings. The molecule has 0 amide bonds. The van der Waals surface area contributed by atoms with E-state index in [0.29, 0.717) is 5.92 Å². The third-order valence-corrected chi connectivity index (χ3v) is 5.31. The van der Waals surface area contributed by atoms with Gasteiger partial charge >= 0.3 is 0 Å². The molecule has 3 atom stereocenters. The van der Waals surface area contributed by atoms with Crippen LogP contribution >= 0.6 is 0 Å². The summed E-state index contributed by atoms with van der Waals surface area (Å²) >= 11 is 0. The summed E-state index contributed by atoms with van der Waals surface area (Å²) in [4.78, 5) is 9.71. The smallest absolute Gasteiger partial charge is 0.132 e. The lowest BCUT2D eigenvalue weighted by Crippen LogP contribution is -2.29. The lowest BCUT2D eigenvalue weighted by atomic mass is 9.85. The molecular formula is C17H25N3. The van der Waals surface area contributed by atoms with Crippen molar-refractivity contribution in [3.8, 4) is 0 Å². The predicted molar refractivity (Wildman–Crippen MR) is 79.8 cm³/mol. The van der Waals surface area contributed by atoms with Gasteiger partial charge < -0.3 is 5.32 Å². The molecule has 2 fully saturated rings. The maximum Gasteiger partial charge on any atom is 0.132 e. The number of fused-ring (bicyclic) bond motifs is 1. The number of rotatable bonds is 4. The van der Waals surface area contributed by atoms with Gasteiger partial charge in [0.05, 0.1) is 0 Å². The molecule has 3 nitrogen and oxygen atoms in total. The van der Waals surface area contributed by atoms with Crippen LogP contribution in [0.3, 0.4) is 0 Å². The zero-order valence-corrected chi connectivity index (χ0v) is 12.7. The fourth-order valence-corrected chi connectivity index (χ4v) is 3.53. The standard InChI is InChI=1S/C17H25N3/c1-10-7-14(10)17-19-11(2)15-8-12(3-6-16(15)20-17)9-18-13-4-5-13/h10,12-14,18H,3-9H2,1-2H3. The van der Waals surface area contributed by atoms with Crippen LogP contribution < -0.4 is 5.32 Å². The third kappa shape index (κ3) is 2.48. The fourth-order valence-electron chi connectivity index (χ4n) is 3.53. The zero-order chi connectivity index (χ0) is 13.7. The minimum absolute atomic E-state index is 0.647. The molecule has 0 aromatic carbocycles. The molecule has 0 radical (unpaired) electrons. The van der Waals surface area contributed by atoms with Gasteiger partial charge in [-0.3, -0.25) is 0 Å². The first-order valence-electron chi connectivity index (χ1n) is 8.30. The zero-order valence-electron chi connectivity index (χ0n) is 12.7. The molecule has 4 rings (SSSR count). The number of hydrogen-bond donors (Lipinski definition) is 1. The minimum Gasteiger partial charge on any atom is -0.314 e. The van der Waals surface area contributed by atoms with Crippen molar-refractivity contribution in [1.82, 2.24) is 15.3 Å². The summed E-state index contributed by atoms with van der Waals surface area (Å²) in [5, 5.41) is 3.68. The quantitative estimate of drug-likeness (QED) is 0.915. The molecule has 0 aliphatic heterocycles. The Morgan fingerprint density at radius 2 is 2.00 bits per heavy atom. The number of hydrogen-bond acceptors (Lipinski definition) is 3. The van der Waals surface area contributed by atoms with Crippen LogP contribution in [0.2, 0.25) is 0 Å². The van der Waals surface area contributed by atoms with Crippen molar-refractivity contribution in [1.29, 1.82) is 0 Å². The van der Waals surface area contributed by atoms with Crippen LogP contribution in [0, 0.1) is 18.8 Å². The van der Waals surface area contributed by atoms with Gasteiger partial charge in [0, 0.05) is 23.3 Å². The molecular weight excluding hydrogens is 246 g/mol. The van der Waals surface area contributed by atoms with Crippen LogP contribution in [0.5, 0.6) is 0 Å². The third-order valence-electron chi connectivity index (χ3n) is 5.31. The van der Waals surface area contributed by atoms with E-state index in [1.54, 1.807) is 0 Å². The molecule has 0 bridgehead atoms. The van der Waals surface area contributed by atoms with E-state index in [9.17, 15) is 0 Å². The lowest BCUT2D eigenvalue weighted by molar-refractivity contribution is 0.416. The van der Waals surface area contributed by atoms with E-state index in [2.05, 4.69) is 19.2 Å². The van der Waals surface area contributed by atoms with Crippen LogP contribution in [-0.2, 0) is 12.8 Å². The molecule has 3 heteroatoms. The van der Waals surface area contributed by atoms with E-state index in [1.807, 2.05) is 0 Å². The Morgan fingerprint density at radius 3 is 2.70 bits per heavy atom. The molecule has 1 N–H and O–H groups in total. The first-order chi connectivity index (χ1) is 9.70. The fraction of sp³-hybridized carbons (Fsp3) is 0.765. The molecule has 1 aromatic heterocycles. The van der Waals surface area contributed by atoms with Gasteiger partial charge in [0.1, 0.15) is 5.82 Å². The number of aromatic nitrogens is 2. The van der Waals surface area contributed by atoms with Crippen molar-refractivity contribution < 1.29 is 0 Å². The van der Waals surface area contributed by atoms with E-state index in [1.165, 1.54) is 55.6 Å². The van der Waals surface area contributed by atoms with E-state index in [0.717, 1.165) is 30.1 Å². The Hall–Kier alpha value is -0.960. The van der Waals surface area contributed by atoms with Crippen LogP contribution in [0.4, 0.5) is 0 Å². The molecule has 0 spiro atoms. The first kappa shape index (κ1) is 12.8. The van der Waals surface area contributed by atoms with Crippen molar-refractivity contribution in [3.05, 3.63) is 22.8 Å². The van der Waals surface area contributed by atoms with E-state index in [-0.39, 0.29) is 0 Å². The lowest BCUT2D eigenvalue weighted by Gasteiger charge is -2.25. The van der Waals surface area contributed by atoms with Crippen molar-refractivity contribution >= 4 is 0 Å². The largest absolute Gasteiger partial charge is 0.314 e. The summed E-state index contributed by atoms with van der Waals surface area (Å²) in [7, 11) is 0. The highest BCUT2D eigenvalue weighted by Gasteiger charge is 2.37. The van der Waals surface area contributed by atoms with E-state index < -0.39 is 0 Å². The summed E-state index contributed by atoms with van der Waals surface area (Å²) < 4.78 is 0. The summed E-state index contributed by atoms with van der Waals surface area (Å²) in [6, 6.07) is 0.826. The number of nitrogens with zero attached hydrogens (tertiary/aromatic N) is 2. The van der Waals surface area contributed by atoms with E-state index >= 15 is 0 Å². The van der Waals surface area contributed by atoms with Crippen LogP contribution in [0.15, 0.2) is 0 Å². The summed E-state index contributed by atoms with van der Waals surface area (Å²) in [5.74, 6) is 3.36. The van der Waals surface area contributed by atoms with Gasteiger partial charge in [-0.25, -0.2) is 9.97 Å². The minimum atomic E-state index is 0.647. The Balaban J connectivity index is 1.49. The molecule has 20 heavy (non-hydrogen) atoms. The molecule has 2 saturated carbocycles. The number of aryl methyl sites for hydroxylation is 2. The Bertz CT molecular complexity index is 521. The van der Waals surface area contributed by atoms with Gasteiger partial charge in [-0.1, -0.05) is 6.92 Å². The summed E-state index contributed by atoms with van der Waals surface area (Å²) in [5.41, 5.74) is 4.06. The molecule has 3 unspecified atom stereocenters. The molecule has 1 heterocycles. The first-order valence-corrected chi connectivity index (χ1v) is 8.30. The summed E-state index contributed by atoms with van der Waals surface area (Å²) in [6.07, 6.45) is 7.68. The predicted octanol–water partition coefficient (Wildman–Crippen LogP) is 2.77. The topological polar surface area (TPSA) is 37.8 Å². The van der Waals surface area contributed by atoms with Crippen molar-refractivity contribution in [2.45, 2.75) is 64.3 Å². The average Bonchev–Trinajstić information content (AvgIpc) is 3.33. The van der Waals surface area contributed by atoms with Gasteiger partial charge in [0.15, 0.2) is 0 Å². The van der Waals surface area contributed by atoms with E-state index in [4.69, 9.17) is 9.97 Å². The van der Waals surface area contributed by atoms with Crippen molar-refractivity contribution in [2.24, 2.45) is 11.8 Å². The Kier molecular flexibility index (Phi) is 3.06. The van der Waals surface area contributed by atoms with Gasteiger partial charge in [-0.05, 0) is 69.4 Å². The molecule has 0 saturated heterocycles. The Labute approximate surface area is 121 Å². The second-order valence-corrected chi connectivity index (χ2v) is 7.20. The highest BCUT2D eigenvalue weighted by Crippen LogP contribution is 2.45. The van der Waals surface area contributed by atoms with Crippen LogP contribution in [0.1, 0.15) is 61.3 Å². The van der Waals surface area contributed by atoms with Crippen molar-refractivity contribution in [2.75, 3.05) is 6.54 Å². The SMILES string of the molecule is Cc1nc(C2CC2C)nc2c1CC(CNC1CC1)CC2. The Morgan fingerprint density at radius 1 is 1.20 bits per heavy atom. The highest BCUT2D eigenvalue weighted by molar-refractivity contribution is 5.30. The van der Waals surface area contributed by atoms with Gasteiger partial charge in [-0.2, -0.15) is 0 Å². The van der Waals surface area contributed by atoms with Crippen molar-refractivity contribution in [3.63, 3.8) is 0 Å². The van der Waals surface area contributed by atoms with Gasteiger partial charge in [-0.15, -0.1) is 0 Å². The monoisotopic (exact) mass is 271 g/mol. The molecule has 3 aliphatic rings. The average molecular weight is 271 g/mol. The van der Waals surface area contributed by atoms with Gasteiger partial charge in [0.2, 0.25) is 0 Å². The maximum absolute atomic E-state index is 4.90. The molecule has 108 valence electrons. The maximum atomic E-state index is 4.90. The summed E-state index contributed by atoms with van der Waals surface area (Å²) in [6.45, 7) is 5.68.